The standard InChI is InChI=1S/C13H14N2OS/c14-9-11-1-3-12(4-2-11)13(16)10-15-5-7-17-8-6-15/h1-4H,5-8,10H2. The summed E-state index contributed by atoms with van der Waals surface area (Å²) < 4.78 is 0. The molecule has 0 aromatic heterocycles. The highest BCUT2D eigenvalue weighted by Gasteiger charge is 2.15. The minimum atomic E-state index is 0.140. The molecule has 4 heteroatoms. The molecule has 1 aromatic carbocycles. The van der Waals surface area contributed by atoms with E-state index in [1.807, 2.05) is 11.8 Å². The number of nitrogens with zero attached hydrogens (tertiary/aromatic N) is 2. The highest BCUT2D eigenvalue weighted by molar-refractivity contribution is 7.99. The fraction of sp³-hybridized carbons (Fsp3) is 0.385. The number of hydrogen-bond donors (Lipinski definition) is 0. The molecule has 1 aromatic rings. The van der Waals surface area contributed by atoms with Crippen molar-refractivity contribution in [3.63, 3.8) is 0 Å². The van der Waals surface area contributed by atoms with E-state index in [4.69, 9.17) is 5.26 Å². The number of ketones is 1. The van der Waals surface area contributed by atoms with Gasteiger partial charge in [-0.2, -0.15) is 17.0 Å². The van der Waals surface area contributed by atoms with E-state index in [0.717, 1.165) is 24.6 Å². The van der Waals surface area contributed by atoms with E-state index in [0.29, 0.717) is 17.7 Å². The SMILES string of the molecule is N#Cc1ccc(C(=O)CN2CCSCC2)cc1. The van der Waals surface area contributed by atoms with Gasteiger partial charge in [0, 0.05) is 30.2 Å². The van der Waals surface area contributed by atoms with Crippen LogP contribution in [-0.2, 0) is 0 Å². The Morgan fingerprint density at radius 1 is 1.29 bits per heavy atom. The Balaban J connectivity index is 1.96. The molecule has 0 amide bonds. The zero-order valence-electron chi connectivity index (χ0n) is 9.56. The van der Waals surface area contributed by atoms with Gasteiger partial charge in [0.1, 0.15) is 0 Å². The molecule has 0 atom stereocenters. The van der Waals surface area contributed by atoms with Crippen molar-refractivity contribution in [3.05, 3.63) is 35.4 Å². The molecule has 0 aliphatic carbocycles. The van der Waals surface area contributed by atoms with Gasteiger partial charge >= 0.3 is 0 Å². The first kappa shape index (κ1) is 12.2. The molecule has 1 fully saturated rings. The van der Waals surface area contributed by atoms with Crippen molar-refractivity contribution in [2.75, 3.05) is 31.1 Å². The molecule has 0 bridgehead atoms. The monoisotopic (exact) mass is 246 g/mol. The van der Waals surface area contributed by atoms with Crippen LogP contribution in [0.3, 0.4) is 0 Å². The van der Waals surface area contributed by atoms with Crippen molar-refractivity contribution < 1.29 is 4.79 Å². The number of carbonyl (C=O) groups is 1. The zero-order valence-corrected chi connectivity index (χ0v) is 10.4. The van der Waals surface area contributed by atoms with Gasteiger partial charge in [-0.3, -0.25) is 9.69 Å². The van der Waals surface area contributed by atoms with E-state index in [9.17, 15) is 4.79 Å². The lowest BCUT2D eigenvalue weighted by Gasteiger charge is -2.25. The van der Waals surface area contributed by atoms with Crippen LogP contribution in [-0.4, -0.2) is 41.8 Å². The lowest BCUT2D eigenvalue weighted by molar-refractivity contribution is 0.0937. The Morgan fingerprint density at radius 2 is 1.94 bits per heavy atom. The lowest BCUT2D eigenvalue weighted by Crippen LogP contribution is -2.36. The summed E-state index contributed by atoms with van der Waals surface area (Å²) in [7, 11) is 0. The molecule has 0 N–H and O–H groups in total. The van der Waals surface area contributed by atoms with Crippen LogP contribution in [0.5, 0.6) is 0 Å². The number of benzene rings is 1. The second-order valence-corrected chi connectivity index (χ2v) is 5.23. The molecule has 1 saturated heterocycles. The topological polar surface area (TPSA) is 44.1 Å². The first-order valence-electron chi connectivity index (χ1n) is 5.63. The van der Waals surface area contributed by atoms with Crippen LogP contribution >= 0.6 is 11.8 Å². The second kappa shape index (κ2) is 5.85. The molecule has 88 valence electrons. The highest BCUT2D eigenvalue weighted by atomic mass is 32.2. The first-order valence-corrected chi connectivity index (χ1v) is 6.78. The normalized spacial score (nSPS) is 16.4. The van der Waals surface area contributed by atoms with E-state index < -0.39 is 0 Å². The predicted octanol–water partition coefficient (Wildman–Crippen LogP) is 1.79. The minimum Gasteiger partial charge on any atom is -0.294 e. The Morgan fingerprint density at radius 3 is 2.53 bits per heavy atom. The fourth-order valence-electron chi connectivity index (χ4n) is 1.78. The average molecular weight is 246 g/mol. The molecule has 1 aliphatic rings. The van der Waals surface area contributed by atoms with Gasteiger partial charge in [0.25, 0.3) is 0 Å². The van der Waals surface area contributed by atoms with Crippen LogP contribution in [0.15, 0.2) is 24.3 Å². The number of carbonyl (C=O) groups excluding carboxylic acids is 1. The minimum absolute atomic E-state index is 0.140. The van der Waals surface area contributed by atoms with Gasteiger partial charge in [-0.05, 0) is 12.1 Å². The van der Waals surface area contributed by atoms with Crippen molar-refractivity contribution in [2.45, 2.75) is 0 Å². The summed E-state index contributed by atoms with van der Waals surface area (Å²) in [5.74, 6) is 2.36. The Labute approximate surface area is 105 Å². The molecule has 1 heterocycles. The number of Topliss-reactive ketones (excluding diaryl/α,β-unsaturated/α-hetero) is 1. The molecule has 0 saturated carbocycles. The summed E-state index contributed by atoms with van der Waals surface area (Å²) in [5, 5.41) is 8.68. The van der Waals surface area contributed by atoms with Crippen LogP contribution < -0.4 is 0 Å². The van der Waals surface area contributed by atoms with Crippen molar-refractivity contribution in [1.82, 2.24) is 4.90 Å². The van der Waals surface area contributed by atoms with Crippen LogP contribution in [0, 0.1) is 11.3 Å². The van der Waals surface area contributed by atoms with Crippen molar-refractivity contribution in [2.24, 2.45) is 0 Å². The highest BCUT2D eigenvalue weighted by Crippen LogP contribution is 2.11. The summed E-state index contributed by atoms with van der Waals surface area (Å²) in [5.41, 5.74) is 1.29. The maximum Gasteiger partial charge on any atom is 0.176 e. The maximum atomic E-state index is 12.0. The molecular formula is C13H14N2OS. The van der Waals surface area contributed by atoms with Gasteiger partial charge in [-0.15, -0.1) is 0 Å². The zero-order chi connectivity index (χ0) is 12.1. The fourth-order valence-corrected chi connectivity index (χ4v) is 2.76. The molecule has 1 aliphatic heterocycles. The summed E-state index contributed by atoms with van der Waals surface area (Å²) in [6.45, 7) is 2.48. The molecule has 0 spiro atoms. The Hall–Kier alpha value is -1.31. The first-order chi connectivity index (χ1) is 8.29. The summed E-state index contributed by atoms with van der Waals surface area (Å²) >= 11 is 1.94. The number of hydrogen-bond acceptors (Lipinski definition) is 4. The second-order valence-electron chi connectivity index (χ2n) is 4.00. The van der Waals surface area contributed by atoms with E-state index in [-0.39, 0.29) is 5.78 Å². The molecule has 0 unspecified atom stereocenters. The average Bonchev–Trinajstić information content (AvgIpc) is 2.40. The number of rotatable bonds is 3. The Bertz CT molecular complexity index is 430. The number of nitriles is 1. The maximum absolute atomic E-state index is 12.0. The third kappa shape index (κ3) is 3.32. The van der Waals surface area contributed by atoms with Crippen molar-refractivity contribution in [3.8, 4) is 6.07 Å². The van der Waals surface area contributed by atoms with E-state index in [1.54, 1.807) is 24.3 Å². The Kier molecular flexibility index (Phi) is 4.18. The molecule has 3 nitrogen and oxygen atoms in total. The molecule has 17 heavy (non-hydrogen) atoms. The van der Waals surface area contributed by atoms with Gasteiger partial charge in [0.2, 0.25) is 0 Å². The van der Waals surface area contributed by atoms with Crippen LogP contribution in [0.2, 0.25) is 0 Å². The van der Waals surface area contributed by atoms with Gasteiger partial charge in [0.15, 0.2) is 5.78 Å². The van der Waals surface area contributed by atoms with E-state index >= 15 is 0 Å². The van der Waals surface area contributed by atoms with Gasteiger partial charge in [0.05, 0.1) is 18.2 Å². The summed E-state index contributed by atoms with van der Waals surface area (Å²) in [6.07, 6.45) is 0. The third-order valence-corrected chi connectivity index (χ3v) is 3.75. The van der Waals surface area contributed by atoms with Gasteiger partial charge < -0.3 is 0 Å². The van der Waals surface area contributed by atoms with Crippen molar-refractivity contribution >= 4 is 17.5 Å². The third-order valence-electron chi connectivity index (χ3n) is 2.81. The molecular weight excluding hydrogens is 232 g/mol. The summed E-state index contributed by atoms with van der Waals surface area (Å²) in [6, 6.07) is 8.91. The summed E-state index contributed by atoms with van der Waals surface area (Å²) in [4.78, 5) is 14.2. The number of thioether (sulfide) groups is 1. The van der Waals surface area contributed by atoms with E-state index in [2.05, 4.69) is 11.0 Å². The van der Waals surface area contributed by atoms with Gasteiger partial charge in [-0.25, -0.2) is 0 Å². The molecule has 2 rings (SSSR count). The van der Waals surface area contributed by atoms with Crippen molar-refractivity contribution in [1.29, 1.82) is 5.26 Å². The van der Waals surface area contributed by atoms with Crippen LogP contribution in [0.4, 0.5) is 0 Å². The van der Waals surface area contributed by atoms with Crippen LogP contribution in [0.25, 0.3) is 0 Å². The smallest absolute Gasteiger partial charge is 0.176 e. The largest absolute Gasteiger partial charge is 0.294 e. The van der Waals surface area contributed by atoms with Gasteiger partial charge in [-0.1, -0.05) is 12.1 Å². The van der Waals surface area contributed by atoms with Crippen LogP contribution in [0.1, 0.15) is 15.9 Å². The molecule has 0 radical (unpaired) electrons. The quantitative estimate of drug-likeness (QED) is 0.763. The van der Waals surface area contributed by atoms with E-state index in [1.165, 1.54) is 0 Å². The lowest BCUT2D eigenvalue weighted by atomic mass is 10.1. The predicted molar refractivity (Wildman–Crippen MR) is 69.3 cm³/mol.